The molecule has 0 aliphatic rings. The molecule has 0 aliphatic carbocycles. The van der Waals surface area contributed by atoms with Gasteiger partial charge in [0.15, 0.2) is 0 Å². The molecule has 2 aromatic rings. The number of nitrogens with one attached hydrogen (secondary N) is 1. The minimum atomic E-state index is -0.573. The van der Waals surface area contributed by atoms with Gasteiger partial charge in [-0.2, -0.15) is 5.10 Å². The van der Waals surface area contributed by atoms with Gasteiger partial charge >= 0.3 is 5.69 Å². The molecule has 2 rings (SSSR count). The maximum absolute atomic E-state index is 12.5. The number of aryl methyl sites for hydroxylation is 2. The van der Waals surface area contributed by atoms with Gasteiger partial charge < -0.3 is 5.32 Å². The van der Waals surface area contributed by atoms with E-state index in [1.54, 1.807) is 14.0 Å². The van der Waals surface area contributed by atoms with Crippen LogP contribution in [-0.4, -0.2) is 20.6 Å². The summed E-state index contributed by atoms with van der Waals surface area (Å²) >= 11 is 0. The van der Waals surface area contributed by atoms with Crippen LogP contribution in [0.4, 0.5) is 11.4 Å². The molecule has 1 N–H and O–H groups in total. The van der Waals surface area contributed by atoms with Crippen molar-refractivity contribution < 1.29 is 9.72 Å². The number of para-hydroxylation sites is 1. The number of amides is 1. The zero-order valence-electron chi connectivity index (χ0n) is 13.9. The minimum absolute atomic E-state index is 0.173. The second-order valence-corrected chi connectivity index (χ2v) is 5.81. The van der Waals surface area contributed by atoms with Gasteiger partial charge in [-0.15, -0.1) is 0 Å². The number of carbonyl (C=O) groups is 1. The third kappa shape index (κ3) is 3.08. The summed E-state index contributed by atoms with van der Waals surface area (Å²) in [4.78, 5) is 23.2. The van der Waals surface area contributed by atoms with Crippen molar-refractivity contribution in [1.29, 1.82) is 0 Å². The van der Waals surface area contributed by atoms with E-state index in [0.29, 0.717) is 11.4 Å². The average Bonchev–Trinajstić information content (AvgIpc) is 2.76. The molecule has 0 aliphatic heterocycles. The van der Waals surface area contributed by atoms with Gasteiger partial charge in [0.05, 0.1) is 4.92 Å². The van der Waals surface area contributed by atoms with E-state index >= 15 is 0 Å². The Kier molecular flexibility index (Phi) is 4.49. The fourth-order valence-corrected chi connectivity index (χ4v) is 2.48. The van der Waals surface area contributed by atoms with Crippen LogP contribution in [0.15, 0.2) is 18.2 Å². The second-order valence-electron chi connectivity index (χ2n) is 5.81. The van der Waals surface area contributed by atoms with Crippen molar-refractivity contribution in [2.75, 3.05) is 5.32 Å². The molecular weight excluding hydrogens is 296 g/mol. The molecule has 0 saturated heterocycles. The monoisotopic (exact) mass is 316 g/mol. The number of carbonyl (C=O) groups excluding carboxylic acids is 1. The van der Waals surface area contributed by atoms with Crippen molar-refractivity contribution in [3.8, 4) is 0 Å². The maximum atomic E-state index is 12.5. The Labute approximate surface area is 134 Å². The van der Waals surface area contributed by atoms with Gasteiger partial charge in [-0.1, -0.05) is 32.0 Å². The molecule has 0 radical (unpaired) electrons. The zero-order valence-corrected chi connectivity index (χ0v) is 13.9. The Morgan fingerprint density at radius 1 is 1.35 bits per heavy atom. The SMILES string of the molecule is Cc1cccc(C(C)C)c1NC(=O)c1nn(C)c(C)c1[N+](=O)[O-]. The van der Waals surface area contributed by atoms with Crippen molar-refractivity contribution in [2.24, 2.45) is 7.05 Å². The van der Waals surface area contributed by atoms with E-state index in [1.807, 2.05) is 39.0 Å². The quantitative estimate of drug-likeness (QED) is 0.692. The Hall–Kier alpha value is -2.70. The first-order valence-corrected chi connectivity index (χ1v) is 7.32. The molecular formula is C16H20N4O3. The number of hydrogen-bond acceptors (Lipinski definition) is 4. The van der Waals surface area contributed by atoms with Gasteiger partial charge in [0.1, 0.15) is 5.69 Å². The van der Waals surface area contributed by atoms with Gasteiger partial charge in [-0.3, -0.25) is 19.6 Å². The highest BCUT2D eigenvalue weighted by molar-refractivity contribution is 6.06. The third-order valence-corrected chi connectivity index (χ3v) is 3.87. The molecule has 0 atom stereocenters. The van der Waals surface area contributed by atoms with Crippen molar-refractivity contribution in [2.45, 2.75) is 33.6 Å². The number of nitrogens with zero attached hydrogens (tertiary/aromatic N) is 3. The summed E-state index contributed by atoms with van der Waals surface area (Å²) in [6.45, 7) is 7.50. The minimum Gasteiger partial charge on any atom is -0.320 e. The van der Waals surface area contributed by atoms with Crippen LogP contribution in [0.25, 0.3) is 0 Å². The highest BCUT2D eigenvalue weighted by Crippen LogP contribution is 2.29. The summed E-state index contributed by atoms with van der Waals surface area (Å²) < 4.78 is 1.34. The van der Waals surface area contributed by atoms with Crippen LogP contribution in [0.3, 0.4) is 0 Å². The highest BCUT2D eigenvalue weighted by Gasteiger charge is 2.29. The topological polar surface area (TPSA) is 90.1 Å². The standard InChI is InChI=1S/C16H20N4O3/c1-9(2)12-8-6-7-10(3)13(12)17-16(21)14-15(20(22)23)11(4)19(5)18-14/h6-9H,1-5H3,(H,17,21). The van der Waals surface area contributed by atoms with Crippen LogP contribution in [0, 0.1) is 24.0 Å². The van der Waals surface area contributed by atoms with E-state index < -0.39 is 10.8 Å². The Morgan fingerprint density at radius 3 is 2.57 bits per heavy atom. The fourth-order valence-electron chi connectivity index (χ4n) is 2.48. The number of benzene rings is 1. The maximum Gasteiger partial charge on any atom is 0.322 e. The lowest BCUT2D eigenvalue weighted by Gasteiger charge is -2.15. The first-order chi connectivity index (χ1) is 10.7. The number of aromatic nitrogens is 2. The molecule has 1 aromatic heterocycles. The molecule has 23 heavy (non-hydrogen) atoms. The zero-order chi connectivity index (χ0) is 17.3. The van der Waals surface area contributed by atoms with E-state index in [2.05, 4.69) is 10.4 Å². The molecule has 0 fully saturated rings. The molecule has 0 spiro atoms. The predicted octanol–water partition coefficient (Wildman–Crippen LogP) is 3.32. The van der Waals surface area contributed by atoms with Gasteiger partial charge in [0.2, 0.25) is 5.69 Å². The molecule has 122 valence electrons. The largest absolute Gasteiger partial charge is 0.322 e. The second kappa shape index (κ2) is 6.20. The lowest BCUT2D eigenvalue weighted by Crippen LogP contribution is -2.17. The van der Waals surface area contributed by atoms with E-state index in [9.17, 15) is 14.9 Å². The Balaban J connectivity index is 2.46. The lowest BCUT2D eigenvalue weighted by atomic mass is 9.98. The van der Waals surface area contributed by atoms with Crippen LogP contribution < -0.4 is 5.32 Å². The van der Waals surface area contributed by atoms with E-state index in [1.165, 1.54) is 4.68 Å². The number of anilines is 1. The average molecular weight is 316 g/mol. The van der Waals surface area contributed by atoms with Crippen LogP contribution in [-0.2, 0) is 7.05 Å². The molecule has 1 aromatic carbocycles. The van der Waals surface area contributed by atoms with Gasteiger partial charge in [-0.25, -0.2) is 0 Å². The molecule has 0 bridgehead atoms. The van der Waals surface area contributed by atoms with E-state index in [0.717, 1.165) is 11.1 Å². The van der Waals surface area contributed by atoms with E-state index in [4.69, 9.17) is 0 Å². The van der Waals surface area contributed by atoms with Crippen molar-refractivity contribution in [1.82, 2.24) is 9.78 Å². The smallest absolute Gasteiger partial charge is 0.320 e. The number of hydrogen-bond donors (Lipinski definition) is 1. The molecule has 0 unspecified atom stereocenters. The summed E-state index contributed by atoms with van der Waals surface area (Å²) in [6.07, 6.45) is 0. The summed E-state index contributed by atoms with van der Waals surface area (Å²) in [7, 11) is 1.58. The molecule has 1 heterocycles. The number of rotatable bonds is 4. The van der Waals surface area contributed by atoms with Gasteiger partial charge in [0.25, 0.3) is 5.91 Å². The summed E-state index contributed by atoms with van der Waals surface area (Å²) in [5, 5.41) is 18.0. The van der Waals surface area contributed by atoms with Gasteiger partial charge in [-0.05, 0) is 30.9 Å². The highest BCUT2D eigenvalue weighted by atomic mass is 16.6. The van der Waals surface area contributed by atoms with Crippen molar-refractivity contribution in [3.63, 3.8) is 0 Å². The van der Waals surface area contributed by atoms with Crippen LogP contribution in [0.5, 0.6) is 0 Å². The predicted molar refractivity (Wildman–Crippen MR) is 87.8 cm³/mol. The van der Waals surface area contributed by atoms with Crippen LogP contribution in [0.2, 0.25) is 0 Å². The Bertz CT molecular complexity index is 778. The fraction of sp³-hybridized carbons (Fsp3) is 0.375. The number of nitro groups is 1. The first kappa shape index (κ1) is 16.7. The first-order valence-electron chi connectivity index (χ1n) is 7.32. The Morgan fingerprint density at radius 2 is 2.00 bits per heavy atom. The van der Waals surface area contributed by atoms with E-state index in [-0.39, 0.29) is 17.3 Å². The lowest BCUT2D eigenvalue weighted by molar-refractivity contribution is -0.385. The summed E-state index contributed by atoms with van der Waals surface area (Å²) in [5.74, 6) is -0.359. The molecule has 1 amide bonds. The molecule has 7 nitrogen and oxygen atoms in total. The summed E-state index contributed by atoms with van der Waals surface area (Å²) in [5.41, 5.74) is 2.48. The van der Waals surface area contributed by atoms with Crippen molar-refractivity contribution >= 4 is 17.3 Å². The third-order valence-electron chi connectivity index (χ3n) is 3.87. The normalized spacial score (nSPS) is 10.9. The van der Waals surface area contributed by atoms with Crippen molar-refractivity contribution in [3.05, 3.63) is 50.8 Å². The summed E-state index contributed by atoms with van der Waals surface area (Å²) in [6, 6.07) is 5.75. The molecule has 7 heteroatoms. The molecule has 0 saturated carbocycles. The van der Waals surface area contributed by atoms with Gasteiger partial charge in [0, 0.05) is 12.7 Å². The van der Waals surface area contributed by atoms with Crippen LogP contribution >= 0.6 is 0 Å². The van der Waals surface area contributed by atoms with Crippen LogP contribution in [0.1, 0.15) is 47.1 Å².